The van der Waals surface area contributed by atoms with E-state index in [1.807, 2.05) is 24.4 Å². The van der Waals surface area contributed by atoms with E-state index in [1.165, 1.54) is 17.7 Å². The first-order chi connectivity index (χ1) is 19.4. The van der Waals surface area contributed by atoms with Crippen molar-refractivity contribution in [2.75, 3.05) is 13.9 Å². The number of ether oxygens (including phenoxy) is 4. The molecule has 210 valence electrons. The third-order valence-corrected chi connectivity index (χ3v) is 8.06. The number of hydrogen-bond acceptors (Lipinski definition) is 8. The van der Waals surface area contributed by atoms with Gasteiger partial charge in [-0.25, -0.2) is 18.2 Å². The molecule has 0 unspecified atom stereocenters. The molecule has 3 aromatic carbocycles. The predicted octanol–water partition coefficient (Wildman–Crippen LogP) is -0.101. The fourth-order valence-corrected chi connectivity index (χ4v) is 5.65. The number of pyridine rings is 1. The van der Waals surface area contributed by atoms with Crippen LogP contribution < -0.4 is 41.1 Å². The van der Waals surface area contributed by atoms with Gasteiger partial charge in [0.15, 0.2) is 23.8 Å². The van der Waals surface area contributed by atoms with Gasteiger partial charge in [-0.05, 0) is 53.4 Å². The highest BCUT2D eigenvalue weighted by atomic mass is 35.5. The van der Waals surface area contributed by atoms with Crippen LogP contribution in [0.5, 0.6) is 23.0 Å². The standard InChI is InChI=1S/C28H24N5O6S.ClH/c1-36-25-7-2-17-10-22-18(8-9-32-14-27-26(12-24(22)32)38-16-39-27)11-23(17)28(25)37-15-19-13-33(31-30-19)20-3-5-21(6-4-20)40(29,34)35;/h2-7,10-14H,8-9,15-16H2,1H3,(H2,29,34,35);1H/q+1;/p-1. The Labute approximate surface area is 241 Å². The maximum Gasteiger partial charge on any atom is 0.238 e. The van der Waals surface area contributed by atoms with Gasteiger partial charge in [0.2, 0.25) is 34.5 Å². The van der Waals surface area contributed by atoms with E-state index < -0.39 is 10.0 Å². The van der Waals surface area contributed by atoms with Gasteiger partial charge in [-0.1, -0.05) is 11.3 Å². The molecular formula is C28H24ClN5O6S. The van der Waals surface area contributed by atoms with Crippen LogP contribution in [0, 0.1) is 0 Å². The number of rotatable bonds is 6. The highest BCUT2D eigenvalue weighted by Crippen LogP contribution is 2.41. The van der Waals surface area contributed by atoms with Gasteiger partial charge >= 0.3 is 0 Å². The smallest absolute Gasteiger partial charge is 0.238 e. The third kappa shape index (κ3) is 4.79. The Morgan fingerprint density at radius 3 is 2.66 bits per heavy atom. The minimum absolute atomic E-state index is 0. The molecule has 2 aromatic heterocycles. The number of sulfonamides is 1. The molecule has 0 radical (unpaired) electrons. The van der Waals surface area contributed by atoms with Crippen LogP contribution in [0.4, 0.5) is 0 Å². The summed E-state index contributed by atoms with van der Waals surface area (Å²) in [6.07, 6.45) is 4.59. The van der Waals surface area contributed by atoms with Crippen LogP contribution in [0.2, 0.25) is 0 Å². The van der Waals surface area contributed by atoms with Gasteiger partial charge in [0, 0.05) is 11.8 Å². The van der Waals surface area contributed by atoms with Crippen molar-refractivity contribution >= 4 is 20.8 Å². The van der Waals surface area contributed by atoms with Crippen molar-refractivity contribution < 1.29 is 44.3 Å². The lowest BCUT2D eigenvalue weighted by molar-refractivity contribution is -0.687. The first-order valence-corrected chi connectivity index (χ1v) is 14.1. The predicted molar refractivity (Wildman–Crippen MR) is 143 cm³/mol. The van der Waals surface area contributed by atoms with Crippen molar-refractivity contribution in [3.63, 3.8) is 0 Å². The van der Waals surface area contributed by atoms with Crippen LogP contribution >= 0.6 is 0 Å². The molecule has 0 amide bonds. The molecule has 11 nitrogen and oxygen atoms in total. The Kier molecular flexibility index (Phi) is 6.68. The molecule has 41 heavy (non-hydrogen) atoms. The van der Waals surface area contributed by atoms with E-state index in [2.05, 4.69) is 27.0 Å². The van der Waals surface area contributed by atoms with E-state index in [1.54, 1.807) is 30.1 Å². The fourth-order valence-electron chi connectivity index (χ4n) is 5.14. The van der Waals surface area contributed by atoms with Crippen LogP contribution in [0.3, 0.4) is 0 Å². The quantitative estimate of drug-likeness (QED) is 0.270. The van der Waals surface area contributed by atoms with Gasteiger partial charge in [-0.15, -0.1) is 5.10 Å². The Morgan fingerprint density at radius 2 is 1.88 bits per heavy atom. The number of nitrogens with two attached hydrogens (primary N) is 1. The molecule has 0 atom stereocenters. The largest absolute Gasteiger partial charge is 1.00 e. The van der Waals surface area contributed by atoms with Crippen LogP contribution in [-0.4, -0.2) is 37.3 Å². The van der Waals surface area contributed by atoms with E-state index in [0.717, 1.165) is 46.5 Å². The summed E-state index contributed by atoms with van der Waals surface area (Å²) in [5, 5.41) is 15.5. The number of nitrogens with zero attached hydrogens (tertiary/aromatic N) is 4. The normalized spacial score (nSPS) is 13.3. The summed E-state index contributed by atoms with van der Waals surface area (Å²) in [5.41, 5.74) is 4.66. The molecule has 0 aliphatic carbocycles. The highest BCUT2D eigenvalue weighted by Gasteiger charge is 2.29. The SMILES string of the molecule is COc1ccc2cc3c(cc2c1OCc1cn(-c2ccc(S(N)(=O)=O)cc2)nn1)CC[n+]1cc2c(cc1-3)OCO2.[Cl-]. The first-order valence-electron chi connectivity index (χ1n) is 12.5. The number of fused-ring (bicyclic) bond motifs is 5. The van der Waals surface area contributed by atoms with Gasteiger partial charge < -0.3 is 31.4 Å². The molecule has 0 saturated heterocycles. The molecule has 0 bridgehead atoms. The number of hydrogen-bond donors (Lipinski definition) is 1. The number of benzene rings is 3. The number of primary sulfonamides is 1. The van der Waals surface area contributed by atoms with Gasteiger partial charge in [-0.3, -0.25) is 0 Å². The molecule has 13 heteroatoms. The molecule has 0 spiro atoms. The molecule has 2 aliphatic rings. The second-order valence-electron chi connectivity index (χ2n) is 9.55. The van der Waals surface area contributed by atoms with Crippen molar-refractivity contribution in [1.82, 2.24) is 15.0 Å². The summed E-state index contributed by atoms with van der Waals surface area (Å²) in [5.74, 6) is 2.77. The second kappa shape index (κ2) is 10.2. The fraction of sp³-hybridized carbons (Fsp3) is 0.179. The molecule has 7 rings (SSSR count). The number of methoxy groups -OCH3 is 1. The first kappa shape index (κ1) is 26.8. The Morgan fingerprint density at radius 1 is 1.07 bits per heavy atom. The molecule has 2 aliphatic heterocycles. The minimum Gasteiger partial charge on any atom is -1.00 e. The average molecular weight is 594 g/mol. The van der Waals surface area contributed by atoms with Crippen molar-refractivity contribution in [2.45, 2.75) is 24.5 Å². The zero-order valence-corrected chi connectivity index (χ0v) is 23.4. The van der Waals surface area contributed by atoms with Crippen molar-refractivity contribution in [3.8, 4) is 39.9 Å². The summed E-state index contributed by atoms with van der Waals surface area (Å²) in [4.78, 5) is 0.0264. The zero-order chi connectivity index (χ0) is 27.4. The molecular weight excluding hydrogens is 570 g/mol. The molecule has 0 saturated carbocycles. The van der Waals surface area contributed by atoms with Gasteiger partial charge in [0.1, 0.15) is 12.3 Å². The van der Waals surface area contributed by atoms with Crippen LogP contribution in [0.1, 0.15) is 11.3 Å². The minimum atomic E-state index is -3.77. The number of halogens is 1. The highest BCUT2D eigenvalue weighted by molar-refractivity contribution is 7.89. The lowest BCUT2D eigenvalue weighted by Crippen LogP contribution is -3.00. The zero-order valence-electron chi connectivity index (χ0n) is 21.8. The number of aryl methyl sites for hydroxylation is 2. The van der Waals surface area contributed by atoms with Crippen LogP contribution in [0.25, 0.3) is 27.7 Å². The maximum absolute atomic E-state index is 11.5. The lowest BCUT2D eigenvalue weighted by atomic mass is 9.93. The Hall–Kier alpha value is -4.39. The van der Waals surface area contributed by atoms with Crippen molar-refractivity contribution in [1.29, 1.82) is 0 Å². The van der Waals surface area contributed by atoms with E-state index in [-0.39, 0.29) is 30.7 Å². The van der Waals surface area contributed by atoms with E-state index in [0.29, 0.717) is 22.9 Å². The van der Waals surface area contributed by atoms with Crippen LogP contribution in [0.15, 0.2) is 71.9 Å². The Bertz CT molecular complexity index is 1910. The maximum atomic E-state index is 11.5. The van der Waals surface area contributed by atoms with Crippen LogP contribution in [-0.2, 0) is 29.6 Å². The third-order valence-electron chi connectivity index (χ3n) is 7.13. The Balaban J connectivity index is 0.00000302. The van der Waals surface area contributed by atoms with E-state index in [9.17, 15) is 8.42 Å². The second-order valence-corrected chi connectivity index (χ2v) is 11.1. The summed E-state index contributed by atoms with van der Waals surface area (Å²) >= 11 is 0. The summed E-state index contributed by atoms with van der Waals surface area (Å²) < 4.78 is 49.9. The number of aromatic nitrogens is 4. The average Bonchev–Trinajstić information content (AvgIpc) is 3.63. The molecule has 0 fully saturated rings. The topological polar surface area (TPSA) is 132 Å². The molecule has 2 N–H and O–H groups in total. The van der Waals surface area contributed by atoms with E-state index >= 15 is 0 Å². The summed E-state index contributed by atoms with van der Waals surface area (Å²) in [7, 11) is -2.16. The van der Waals surface area contributed by atoms with E-state index in [4.69, 9.17) is 24.1 Å². The van der Waals surface area contributed by atoms with Gasteiger partial charge in [-0.2, -0.15) is 4.57 Å². The van der Waals surface area contributed by atoms with Gasteiger partial charge in [0.05, 0.1) is 35.5 Å². The lowest BCUT2D eigenvalue weighted by Gasteiger charge is -2.18. The van der Waals surface area contributed by atoms with Crippen molar-refractivity contribution in [3.05, 3.63) is 78.2 Å². The molecule has 5 aromatic rings. The van der Waals surface area contributed by atoms with Gasteiger partial charge in [0.25, 0.3) is 0 Å². The van der Waals surface area contributed by atoms with Crippen molar-refractivity contribution in [2.24, 2.45) is 5.14 Å². The summed E-state index contributed by atoms with van der Waals surface area (Å²) in [6.45, 7) is 1.22. The molecule has 4 heterocycles. The monoisotopic (exact) mass is 593 g/mol. The summed E-state index contributed by atoms with van der Waals surface area (Å²) in [6, 6.07) is 16.4.